The first-order valence-corrected chi connectivity index (χ1v) is 5.28. The van der Waals surface area contributed by atoms with Crippen molar-refractivity contribution in [2.24, 2.45) is 11.1 Å². The number of nitrogens with two attached hydrogens (primary N) is 1. The second-order valence-electron chi connectivity index (χ2n) is 4.84. The molecular formula is C12H15F2NO. The van der Waals surface area contributed by atoms with Crippen LogP contribution < -0.4 is 10.5 Å². The van der Waals surface area contributed by atoms with Gasteiger partial charge in [0.1, 0.15) is 11.9 Å². The fourth-order valence-corrected chi connectivity index (χ4v) is 1.84. The summed E-state index contributed by atoms with van der Waals surface area (Å²) < 4.78 is 31.7. The molecule has 0 saturated heterocycles. The number of rotatable bonds is 2. The maximum absolute atomic E-state index is 13.3. The van der Waals surface area contributed by atoms with Gasteiger partial charge in [-0.15, -0.1) is 0 Å². The normalized spacial score (nSPS) is 27.3. The highest BCUT2D eigenvalue weighted by Gasteiger charge is 2.48. The molecule has 2 rings (SSSR count). The molecule has 1 aromatic carbocycles. The third-order valence-corrected chi connectivity index (χ3v) is 3.42. The predicted octanol–water partition coefficient (Wildman–Crippen LogP) is 2.47. The van der Waals surface area contributed by atoms with E-state index in [1.165, 1.54) is 0 Å². The molecule has 1 fully saturated rings. The Kier molecular flexibility index (Phi) is 2.62. The van der Waals surface area contributed by atoms with Crippen LogP contribution in [-0.2, 0) is 0 Å². The van der Waals surface area contributed by atoms with Gasteiger partial charge in [-0.05, 0) is 12.1 Å². The molecule has 1 aliphatic rings. The van der Waals surface area contributed by atoms with Crippen LogP contribution in [0, 0.1) is 17.0 Å². The Labute approximate surface area is 93.4 Å². The summed E-state index contributed by atoms with van der Waals surface area (Å²) in [5.41, 5.74) is 5.62. The number of halogens is 2. The topological polar surface area (TPSA) is 35.2 Å². The Morgan fingerprint density at radius 2 is 2.06 bits per heavy atom. The van der Waals surface area contributed by atoms with Crippen molar-refractivity contribution >= 4 is 0 Å². The molecule has 16 heavy (non-hydrogen) atoms. The highest BCUT2D eigenvalue weighted by atomic mass is 19.1. The minimum Gasteiger partial charge on any atom is -0.487 e. The van der Waals surface area contributed by atoms with Crippen molar-refractivity contribution in [3.05, 3.63) is 29.8 Å². The Morgan fingerprint density at radius 1 is 1.38 bits per heavy atom. The zero-order chi connectivity index (χ0) is 11.9. The fraction of sp³-hybridized carbons (Fsp3) is 0.500. The Balaban J connectivity index is 2.13. The smallest absolute Gasteiger partial charge is 0.165 e. The largest absolute Gasteiger partial charge is 0.487 e. The summed E-state index contributed by atoms with van der Waals surface area (Å²) in [5.74, 6) is -1.08. The summed E-state index contributed by atoms with van der Waals surface area (Å²) in [4.78, 5) is 0. The van der Waals surface area contributed by atoms with Gasteiger partial charge in [-0.25, -0.2) is 8.78 Å². The van der Waals surface area contributed by atoms with E-state index in [0.717, 1.165) is 18.2 Å². The molecule has 0 aliphatic heterocycles. The van der Waals surface area contributed by atoms with Gasteiger partial charge in [-0.2, -0.15) is 0 Å². The number of hydrogen-bond donors (Lipinski definition) is 1. The van der Waals surface area contributed by atoms with E-state index in [2.05, 4.69) is 0 Å². The van der Waals surface area contributed by atoms with Crippen LogP contribution in [0.5, 0.6) is 5.75 Å². The zero-order valence-corrected chi connectivity index (χ0v) is 9.34. The van der Waals surface area contributed by atoms with Crippen LogP contribution in [0.2, 0.25) is 0 Å². The molecule has 0 bridgehead atoms. The molecule has 88 valence electrons. The van der Waals surface area contributed by atoms with Gasteiger partial charge in [0.25, 0.3) is 0 Å². The van der Waals surface area contributed by atoms with Gasteiger partial charge in [0, 0.05) is 23.9 Å². The molecule has 0 aromatic heterocycles. The van der Waals surface area contributed by atoms with E-state index in [9.17, 15) is 8.78 Å². The summed E-state index contributed by atoms with van der Waals surface area (Å²) in [6, 6.07) is 3.25. The Bertz CT molecular complexity index is 406. The molecule has 1 saturated carbocycles. The minimum absolute atomic E-state index is 0.0371. The first kappa shape index (κ1) is 11.3. The number of benzene rings is 1. The average Bonchev–Trinajstić information content (AvgIpc) is 2.23. The van der Waals surface area contributed by atoms with Gasteiger partial charge in [0.2, 0.25) is 0 Å². The van der Waals surface area contributed by atoms with E-state index < -0.39 is 11.6 Å². The SMILES string of the molecule is CC1(C)C(N)CC1Oc1cc(F)ccc1F. The second kappa shape index (κ2) is 3.70. The van der Waals surface area contributed by atoms with Gasteiger partial charge in [0.15, 0.2) is 11.6 Å². The third kappa shape index (κ3) is 1.78. The van der Waals surface area contributed by atoms with Crippen molar-refractivity contribution < 1.29 is 13.5 Å². The molecular weight excluding hydrogens is 212 g/mol. The predicted molar refractivity (Wildman–Crippen MR) is 57.1 cm³/mol. The molecule has 1 aromatic rings. The van der Waals surface area contributed by atoms with Crippen LogP contribution in [0.4, 0.5) is 8.78 Å². The Morgan fingerprint density at radius 3 is 2.62 bits per heavy atom. The van der Waals surface area contributed by atoms with Crippen molar-refractivity contribution in [3.63, 3.8) is 0 Å². The summed E-state index contributed by atoms with van der Waals surface area (Å²) in [5, 5.41) is 0. The van der Waals surface area contributed by atoms with Crippen molar-refractivity contribution in [1.29, 1.82) is 0 Å². The van der Waals surface area contributed by atoms with E-state index in [1.54, 1.807) is 0 Å². The van der Waals surface area contributed by atoms with Gasteiger partial charge >= 0.3 is 0 Å². The monoisotopic (exact) mass is 227 g/mol. The average molecular weight is 227 g/mol. The molecule has 2 nitrogen and oxygen atoms in total. The van der Waals surface area contributed by atoms with Crippen LogP contribution in [-0.4, -0.2) is 12.1 Å². The van der Waals surface area contributed by atoms with E-state index in [-0.39, 0.29) is 23.3 Å². The molecule has 2 atom stereocenters. The standard InChI is InChI=1S/C12H15F2NO/c1-12(2)10(15)6-11(12)16-9-5-7(13)3-4-8(9)14/h3-5,10-11H,6,15H2,1-2H3. The highest BCUT2D eigenvalue weighted by Crippen LogP contribution is 2.42. The molecule has 0 radical (unpaired) electrons. The Hall–Kier alpha value is -1.16. The van der Waals surface area contributed by atoms with Gasteiger partial charge < -0.3 is 10.5 Å². The van der Waals surface area contributed by atoms with Crippen LogP contribution in [0.15, 0.2) is 18.2 Å². The highest BCUT2D eigenvalue weighted by molar-refractivity contribution is 5.26. The molecule has 2 N–H and O–H groups in total. The lowest BCUT2D eigenvalue weighted by atomic mass is 9.65. The van der Waals surface area contributed by atoms with Crippen molar-refractivity contribution in [3.8, 4) is 5.75 Å². The molecule has 0 amide bonds. The summed E-state index contributed by atoms with van der Waals surface area (Å²) in [7, 11) is 0. The van der Waals surface area contributed by atoms with Crippen LogP contribution >= 0.6 is 0 Å². The molecule has 2 unspecified atom stereocenters. The maximum atomic E-state index is 13.3. The lowest BCUT2D eigenvalue weighted by molar-refractivity contribution is -0.0420. The van der Waals surface area contributed by atoms with Crippen LogP contribution in [0.1, 0.15) is 20.3 Å². The molecule has 0 spiro atoms. The minimum atomic E-state index is -0.544. The van der Waals surface area contributed by atoms with E-state index in [4.69, 9.17) is 10.5 Å². The van der Waals surface area contributed by atoms with Crippen molar-refractivity contribution in [2.75, 3.05) is 0 Å². The number of ether oxygens (including phenoxy) is 1. The van der Waals surface area contributed by atoms with E-state index in [1.807, 2.05) is 13.8 Å². The van der Waals surface area contributed by atoms with E-state index in [0.29, 0.717) is 6.42 Å². The van der Waals surface area contributed by atoms with Crippen molar-refractivity contribution in [1.82, 2.24) is 0 Å². The van der Waals surface area contributed by atoms with E-state index >= 15 is 0 Å². The first-order chi connectivity index (χ1) is 7.41. The zero-order valence-electron chi connectivity index (χ0n) is 9.34. The van der Waals surface area contributed by atoms with Crippen LogP contribution in [0.25, 0.3) is 0 Å². The number of hydrogen-bond acceptors (Lipinski definition) is 2. The molecule has 4 heteroatoms. The lowest BCUT2D eigenvalue weighted by Gasteiger charge is -2.49. The van der Waals surface area contributed by atoms with Gasteiger partial charge in [-0.3, -0.25) is 0 Å². The van der Waals surface area contributed by atoms with Gasteiger partial charge in [0.05, 0.1) is 0 Å². The summed E-state index contributed by atoms with van der Waals surface area (Å²) in [6.07, 6.45) is 0.516. The fourth-order valence-electron chi connectivity index (χ4n) is 1.84. The second-order valence-corrected chi connectivity index (χ2v) is 4.84. The third-order valence-electron chi connectivity index (χ3n) is 3.42. The van der Waals surface area contributed by atoms with Gasteiger partial charge in [-0.1, -0.05) is 13.8 Å². The maximum Gasteiger partial charge on any atom is 0.165 e. The first-order valence-electron chi connectivity index (χ1n) is 5.28. The summed E-state index contributed by atoms with van der Waals surface area (Å²) >= 11 is 0. The van der Waals surface area contributed by atoms with Crippen LogP contribution in [0.3, 0.4) is 0 Å². The summed E-state index contributed by atoms with van der Waals surface area (Å²) in [6.45, 7) is 3.92. The molecule has 0 heterocycles. The van der Waals surface area contributed by atoms with Crippen molar-refractivity contribution in [2.45, 2.75) is 32.4 Å². The quantitative estimate of drug-likeness (QED) is 0.842. The lowest BCUT2D eigenvalue weighted by Crippen LogP contribution is -2.60. The molecule has 1 aliphatic carbocycles.